The van der Waals surface area contributed by atoms with Crippen LogP contribution in [0.15, 0.2) is 24.5 Å². The molecule has 4 heterocycles. The molecule has 0 bridgehead atoms. The number of urea groups is 1. The number of aromatic nitrogens is 1. The largest absolute Gasteiger partial charge is 0.490 e. The zero-order chi connectivity index (χ0) is 23.4. The van der Waals surface area contributed by atoms with Crippen LogP contribution in [-0.2, 0) is 16.1 Å². The Balaban J connectivity index is 0.000000360. The van der Waals surface area contributed by atoms with Crippen molar-refractivity contribution in [2.75, 3.05) is 32.7 Å². The molecule has 1 spiro atoms. The van der Waals surface area contributed by atoms with E-state index in [2.05, 4.69) is 4.98 Å². The third kappa shape index (κ3) is 5.49. The predicted molar refractivity (Wildman–Crippen MR) is 107 cm³/mol. The van der Waals surface area contributed by atoms with Crippen molar-refractivity contribution in [2.45, 2.75) is 44.8 Å². The topological polar surface area (TPSA) is 94.1 Å². The Morgan fingerprint density at radius 1 is 1.00 bits per heavy atom. The second-order valence-corrected chi connectivity index (χ2v) is 8.42. The van der Waals surface area contributed by atoms with E-state index in [0.29, 0.717) is 13.1 Å². The summed E-state index contributed by atoms with van der Waals surface area (Å²) in [6, 6.07) is 4.06. The van der Waals surface area contributed by atoms with E-state index >= 15 is 0 Å². The Morgan fingerprint density at radius 2 is 1.59 bits per heavy atom. The summed E-state index contributed by atoms with van der Waals surface area (Å²) in [6.45, 7) is 4.54. The minimum Gasteiger partial charge on any atom is -0.475 e. The fraction of sp³-hybridized carbons (Fsp3) is 0.619. The van der Waals surface area contributed by atoms with Gasteiger partial charge >= 0.3 is 18.2 Å². The van der Waals surface area contributed by atoms with Crippen LogP contribution in [0, 0.1) is 5.41 Å². The molecule has 11 heteroatoms. The van der Waals surface area contributed by atoms with Crippen molar-refractivity contribution < 1.29 is 32.7 Å². The van der Waals surface area contributed by atoms with Crippen molar-refractivity contribution in [2.24, 2.45) is 5.41 Å². The van der Waals surface area contributed by atoms with E-state index in [1.54, 1.807) is 12.4 Å². The van der Waals surface area contributed by atoms with Gasteiger partial charge in [0.15, 0.2) is 0 Å². The number of alkyl halides is 3. The summed E-state index contributed by atoms with van der Waals surface area (Å²) in [6.07, 6.45) is 3.34. The van der Waals surface area contributed by atoms with Crippen LogP contribution in [0.5, 0.6) is 0 Å². The Hall–Kier alpha value is -2.85. The molecule has 8 nitrogen and oxygen atoms in total. The molecule has 0 aliphatic carbocycles. The van der Waals surface area contributed by atoms with Gasteiger partial charge in [-0.2, -0.15) is 13.2 Å². The first-order valence-electron chi connectivity index (χ1n) is 10.6. The molecule has 1 atom stereocenters. The van der Waals surface area contributed by atoms with E-state index in [9.17, 15) is 22.8 Å². The number of carbonyl (C=O) groups is 3. The average molecular weight is 456 g/mol. The van der Waals surface area contributed by atoms with Gasteiger partial charge in [-0.3, -0.25) is 9.78 Å². The minimum absolute atomic E-state index is 0.136. The van der Waals surface area contributed by atoms with Crippen molar-refractivity contribution in [3.8, 4) is 0 Å². The minimum atomic E-state index is -5.08. The number of halogens is 3. The molecule has 32 heavy (non-hydrogen) atoms. The number of aliphatic carboxylic acids is 1. The van der Waals surface area contributed by atoms with Gasteiger partial charge in [-0.15, -0.1) is 0 Å². The van der Waals surface area contributed by atoms with E-state index in [1.165, 1.54) is 0 Å². The summed E-state index contributed by atoms with van der Waals surface area (Å²) in [5, 5.41) is 7.12. The zero-order valence-electron chi connectivity index (χ0n) is 17.7. The van der Waals surface area contributed by atoms with Crippen molar-refractivity contribution in [3.05, 3.63) is 30.1 Å². The van der Waals surface area contributed by atoms with Gasteiger partial charge in [0.1, 0.15) is 0 Å². The van der Waals surface area contributed by atoms with Gasteiger partial charge in [-0.05, 0) is 49.8 Å². The quantitative estimate of drug-likeness (QED) is 0.739. The zero-order valence-corrected chi connectivity index (χ0v) is 17.7. The van der Waals surface area contributed by atoms with E-state index in [0.717, 1.165) is 63.8 Å². The van der Waals surface area contributed by atoms with Gasteiger partial charge in [0.25, 0.3) is 0 Å². The Bertz CT molecular complexity index is 830. The number of rotatable bonds is 2. The Labute approximate surface area is 184 Å². The van der Waals surface area contributed by atoms with Crippen LogP contribution in [0.2, 0.25) is 0 Å². The number of carboxylic acid groups (broad SMARTS) is 1. The molecule has 176 valence electrons. The van der Waals surface area contributed by atoms with Crippen LogP contribution >= 0.6 is 0 Å². The first-order valence-corrected chi connectivity index (χ1v) is 10.6. The number of carbonyl (C=O) groups excluding carboxylic acids is 2. The maximum atomic E-state index is 13.1. The first kappa shape index (κ1) is 23.8. The lowest BCUT2D eigenvalue weighted by atomic mass is 9.78. The van der Waals surface area contributed by atoms with Crippen molar-refractivity contribution in [1.29, 1.82) is 0 Å². The van der Waals surface area contributed by atoms with Crippen LogP contribution < -0.4 is 0 Å². The molecule has 1 N–H and O–H groups in total. The van der Waals surface area contributed by atoms with E-state index in [4.69, 9.17) is 9.90 Å². The Kier molecular flexibility index (Phi) is 7.25. The van der Waals surface area contributed by atoms with E-state index < -0.39 is 12.1 Å². The fourth-order valence-electron chi connectivity index (χ4n) is 4.53. The number of hydrogen-bond donors (Lipinski definition) is 1. The van der Waals surface area contributed by atoms with E-state index in [1.807, 2.05) is 26.8 Å². The second-order valence-electron chi connectivity index (χ2n) is 8.42. The average Bonchev–Trinajstić information content (AvgIpc) is 3.39. The molecule has 3 aliphatic heterocycles. The monoisotopic (exact) mass is 456 g/mol. The van der Waals surface area contributed by atoms with E-state index in [-0.39, 0.29) is 17.4 Å². The summed E-state index contributed by atoms with van der Waals surface area (Å²) in [4.78, 5) is 44.6. The van der Waals surface area contributed by atoms with Crippen molar-refractivity contribution >= 4 is 17.9 Å². The molecule has 3 aliphatic rings. The lowest BCUT2D eigenvalue weighted by molar-refractivity contribution is -0.192. The lowest BCUT2D eigenvalue weighted by Crippen LogP contribution is -2.52. The third-order valence-electron chi connectivity index (χ3n) is 6.19. The number of nitrogens with zero attached hydrogens (tertiary/aromatic N) is 4. The molecule has 4 rings (SSSR count). The predicted octanol–water partition coefficient (Wildman–Crippen LogP) is 2.75. The molecule has 3 fully saturated rings. The molecule has 0 aromatic carbocycles. The highest BCUT2D eigenvalue weighted by Crippen LogP contribution is 2.41. The van der Waals surface area contributed by atoms with Crippen molar-refractivity contribution in [1.82, 2.24) is 19.7 Å². The summed E-state index contributed by atoms with van der Waals surface area (Å²) < 4.78 is 31.7. The number of hydrogen-bond acceptors (Lipinski definition) is 4. The van der Waals surface area contributed by atoms with Crippen LogP contribution in [-0.4, -0.2) is 81.6 Å². The number of pyridine rings is 1. The van der Waals surface area contributed by atoms with Crippen LogP contribution in [0.25, 0.3) is 0 Å². The van der Waals surface area contributed by atoms with Crippen molar-refractivity contribution in [3.63, 3.8) is 0 Å². The van der Waals surface area contributed by atoms with Gasteiger partial charge in [0, 0.05) is 51.7 Å². The third-order valence-corrected chi connectivity index (χ3v) is 6.19. The van der Waals surface area contributed by atoms with Gasteiger partial charge in [-0.25, -0.2) is 9.59 Å². The van der Waals surface area contributed by atoms with Gasteiger partial charge in [0.05, 0.1) is 5.41 Å². The van der Waals surface area contributed by atoms with Gasteiger partial charge in [0.2, 0.25) is 5.91 Å². The molecular formula is C21H27F3N4O4. The summed E-state index contributed by atoms with van der Waals surface area (Å²) in [5.41, 5.74) is 0.752. The number of likely N-dealkylation sites (tertiary alicyclic amines) is 3. The number of piperidine rings is 1. The van der Waals surface area contributed by atoms with Gasteiger partial charge < -0.3 is 19.8 Å². The maximum Gasteiger partial charge on any atom is 0.490 e. The molecule has 1 aromatic rings. The van der Waals surface area contributed by atoms with Crippen LogP contribution in [0.4, 0.5) is 18.0 Å². The first-order chi connectivity index (χ1) is 15.1. The molecule has 1 aromatic heterocycles. The van der Waals surface area contributed by atoms with Crippen LogP contribution in [0.1, 0.15) is 37.7 Å². The summed E-state index contributed by atoms with van der Waals surface area (Å²) in [7, 11) is 0. The number of amides is 3. The highest BCUT2D eigenvalue weighted by atomic mass is 19.4. The molecule has 3 saturated heterocycles. The summed E-state index contributed by atoms with van der Waals surface area (Å²) >= 11 is 0. The molecular weight excluding hydrogens is 429 g/mol. The highest BCUT2D eigenvalue weighted by molar-refractivity contribution is 5.86. The fourth-order valence-corrected chi connectivity index (χ4v) is 4.53. The second kappa shape index (κ2) is 9.74. The molecule has 1 unspecified atom stereocenters. The van der Waals surface area contributed by atoms with Gasteiger partial charge in [-0.1, -0.05) is 0 Å². The molecule has 0 saturated carbocycles. The van der Waals surface area contributed by atoms with Crippen LogP contribution in [0.3, 0.4) is 0 Å². The highest BCUT2D eigenvalue weighted by Gasteiger charge is 2.50. The lowest BCUT2D eigenvalue weighted by Gasteiger charge is -2.40. The molecule has 0 radical (unpaired) electrons. The normalized spacial score (nSPS) is 23.3. The maximum absolute atomic E-state index is 13.1. The summed E-state index contributed by atoms with van der Waals surface area (Å²) in [5.74, 6) is -2.53. The number of carboxylic acids is 1. The SMILES string of the molecule is O=C(N1CCCC1)N1CCCC2(CCN(Cc3ccncc3)C2=O)C1.O=C(O)C(F)(F)F. The Morgan fingerprint density at radius 3 is 2.19 bits per heavy atom. The standard InChI is InChI=1S/C19H26N4O2.C2HF3O2/c24-17-19(7-13-22(17)14-16-4-8-20-9-5-16)6-3-12-23(15-19)18(25)21-10-1-2-11-21;3-2(4,5)1(6)7/h4-5,8-9H,1-3,6-7,10-15H2;(H,6,7). The smallest absolute Gasteiger partial charge is 0.475 e. The molecule has 3 amide bonds.